The van der Waals surface area contributed by atoms with Crippen molar-refractivity contribution < 1.29 is 13.2 Å². The second kappa shape index (κ2) is 9.25. The number of carbonyl (C=O) groups is 1. The summed E-state index contributed by atoms with van der Waals surface area (Å²) in [6.07, 6.45) is 2.63. The van der Waals surface area contributed by atoms with E-state index in [0.717, 1.165) is 11.1 Å². The van der Waals surface area contributed by atoms with E-state index in [-0.39, 0.29) is 24.1 Å². The molecule has 0 atom stereocenters. The number of nitrogens with two attached hydrogens (primary N) is 1. The summed E-state index contributed by atoms with van der Waals surface area (Å²) in [4.78, 5) is 12.3. The molecule has 5 nitrogen and oxygen atoms in total. The van der Waals surface area contributed by atoms with Gasteiger partial charge < -0.3 is 11.1 Å². The highest BCUT2D eigenvalue weighted by Gasteiger charge is 2.32. The highest BCUT2D eigenvalue weighted by atomic mass is 35.5. The lowest BCUT2D eigenvalue weighted by Gasteiger charge is -2.28. The minimum absolute atomic E-state index is 0. The van der Waals surface area contributed by atoms with E-state index in [1.165, 1.54) is 6.26 Å². The molecule has 1 aromatic rings. The van der Waals surface area contributed by atoms with Crippen molar-refractivity contribution in [2.75, 3.05) is 12.8 Å². The van der Waals surface area contributed by atoms with Crippen molar-refractivity contribution in [3.05, 3.63) is 35.4 Å². The van der Waals surface area contributed by atoms with Crippen LogP contribution >= 0.6 is 12.4 Å². The van der Waals surface area contributed by atoms with Gasteiger partial charge in [0.2, 0.25) is 5.91 Å². The molecule has 23 heavy (non-hydrogen) atoms. The molecule has 1 aromatic carbocycles. The van der Waals surface area contributed by atoms with Crippen molar-refractivity contribution in [1.82, 2.24) is 5.32 Å². The van der Waals surface area contributed by atoms with Gasteiger partial charge in [-0.3, -0.25) is 4.79 Å². The zero-order chi connectivity index (χ0) is 16.8. The fraction of sp³-hybridized carbons (Fsp3) is 0.562. The van der Waals surface area contributed by atoms with Gasteiger partial charge >= 0.3 is 0 Å². The number of benzene rings is 1. The second-order valence-electron chi connectivity index (χ2n) is 5.76. The molecular weight excluding hydrogens is 336 g/mol. The van der Waals surface area contributed by atoms with Crippen molar-refractivity contribution in [2.45, 2.75) is 39.0 Å². The first kappa shape index (κ1) is 21.9. The number of amides is 1. The fourth-order valence-corrected chi connectivity index (χ4v) is 3.18. The van der Waals surface area contributed by atoms with Gasteiger partial charge in [-0.15, -0.1) is 12.4 Å². The van der Waals surface area contributed by atoms with E-state index in [4.69, 9.17) is 5.73 Å². The molecule has 0 radical (unpaired) electrons. The summed E-state index contributed by atoms with van der Waals surface area (Å²) in [6, 6.07) is 7.22. The molecule has 132 valence electrons. The summed E-state index contributed by atoms with van der Waals surface area (Å²) in [7, 11) is -3.03. The van der Waals surface area contributed by atoms with Gasteiger partial charge in [-0.05, 0) is 24.0 Å². The summed E-state index contributed by atoms with van der Waals surface area (Å²) < 4.78 is 22.5. The predicted octanol–water partition coefficient (Wildman–Crippen LogP) is 2.03. The van der Waals surface area contributed by atoms with E-state index in [0.29, 0.717) is 25.9 Å². The first-order valence-electron chi connectivity index (χ1n) is 7.50. The van der Waals surface area contributed by atoms with Crippen molar-refractivity contribution in [3.63, 3.8) is 0 Å². The van der Waals surface area contributed by atoms with Gasteiger partial charge in [0, 0.05) is 19.3 Å². The number of hydrogen-bond acceptors (Lipinski definition) is 4. The average molecular weight is 363 g/mol. The van der Waals surface area contributed by atoms with Gasteiger partial charge in [0.15, 0.2) is 9.84 Å². The van der Waals surface area contributed by atoms with E-state index in [2.05, 4.69) is 5.32 Å². The number of carbonyl (C=O) groups excluding carboxylic acids is 1. The third kappa shape index (κ3) is 6.49. The van der Waals surface area contributed by atoms with Gasteiger partial charge in [0.05, 0.1) is 11.2 Å². The first-order valence-corrected chi connectivity index (χ1v) is 9.56. The first-order chi connectivity index (χ1) is 10.3. The zero-order valence-electron chi connectivity index (χ0n) is 14.0. The van der Waals surface area contributed by atoms with Crippen LogP contribution in [0.15, 0.2) is 24.3 Å². The van der Waals surface area contributed by atoms with Crippen LogP contribution in [0.1, 0.15) is 37.8 Å². The van der Waals surface area contributed by atoms with Gasteiger partial charge in [0.25, 0.3) is 0 Å². The molecule has 7 heteroatoms. The SMILES string of the molecule is CCC(CC)(CN)C(=O)NCc1ccc(CS(C)(=O)=O)cc1.Cl. The van der Waals surface area contributed by atoms with Crippen LogP contribution in [-0.2, 0) is 26.9 Å². The fourth-order valence-electron chi connectivity index (χ4n) is 2.38. The van der Waals surface area contributed by atoms with E-state index < -0.39 is 15.3 Å². The molecule has 0 aliphatic heterocycles. The van der Waals surface area contributed by atoms with Gasteiger partial charge in [0.1, 0.15) is 0 Å². The molecule has 0 aliphatic carbocycles. The van der Waals surface area contributed by atoms with Crippen LogP contribution in [0.25, 0.3) is 0 Å². The summed E-state index contributed by atoms with van der Waals surface area (Å²) in [6.45, 7) is 4.69. The minimum atomic E-state index is -3.03. The summed E-state index contributed by atoms with van der Waals surface area (Å²) in [5, 5.41) is 2.92. The minimum Gasteiger partial charge on any atom is -0.352 e. The monoisotopic (exact) mass is 362 g/mol. The topological polar surface area (TPSA) is 89.3 Å². The Morgan fingerprint density at radius 2 is 1.61 bits per heavy atom. The van der Waals surface area contributed by atoms with Crippen LogP contribution in [0.5, 0.6) is 0 Å². The maximum absolute atomic E-state index is 12.3. The molecule has 0 aliphatic rings. The highest BCUT2D eigenvalue weighted by Crippen LogP contribution is 2.25. The third-order valence-corrected chi connectivity index (χ3v) is 4.99. The third-order valence-electron chi connectivity index (χ3n) is 4.13. The van der Waals surface area contributed by atoms with E-state index in [9.17, 15) is 13.2 Å². The van der Waals surface area contributed by atoms with E-state index in [1.807, 2.05) is 26.0 Å². The molecule has 3 N–H and O–H groups in total. The quantitative estimate of drug-likeness (QED) is 0.740. The average Bonchev–Trinajstić information content (AvgIpc) is 2.47. The Morgan fingerprint density at radius 1 is 1.13 bits per heavy atom. The molecule has 0 unspecified atom stereocenters. The lowest BCUT2D eigenvalue weighted by Crippen LogP contribution is -2.45. The predicted molar refractivity (Wildman–Crippen MR) is 96.2 cm³/mol. The summed E-state index contributed by atoms with van der Waals surface area (Å²) in [5.41, 5.74) is 6.94. The Kier molecular flexibility index (Phi) is 8.80. The summed E-state index contributed by atoms with van der Waals surface area (Å²) >= 11 is 0. The van der Waals surface area contributed by atoms with Crippen molar-refractivity contribution in [3.8, 4) is 0 Å². The van der Waals surface area contributed by atoms with Crippen molar-refractivity contribution in [1.29, 1.82) is 0 Å². The Balaban J connectivity index is 0.00000484. The molecule has 1 amide bonds. The molecule has 0 fully saturated rings. The smallest absolute Gasteiger partial charge is 0.227 e. The van der Waals surface area contributed by atoms with E-state index in [1.54, 1.807) is 12.1 Å². The van der Waals surface area contributed by atoms with Crippen molar-refractivity contribution >= 4 is 28.2 Å². The Bertz CT molecular complexity index is 588. The molecule has 0 bridgehead atoms. The number of nitrogens with one attached hydrogen (secondary N) is 1. The van der Waals surface area contributed by atoms with Gasteiger partial charge in [-0.25, -0.2) is 8.42 Å². The van der Waals surface area contributed by atoms with Crippen LogP contribution < -0.4 is 11.1 Å². The van der Waals surface area contributed by atoms with Crippen LogP contribution in [0, 0.1) is 5.41 Å². The van der Waals surface area contributed by atoms with Crippen LogP contribution in [-0.4, -0.2) is 27.1 Å². The number of sulfone groups is 1. The second-order valence-corrected chi connectivity index (χ2v) is 7.90. The van der Waals surface area contributed by atoms with Crippen LogP contribution in [0.4, 0.5) is 0 Å². The van der Waals surface area contributed by atoms with Crippen molar-refractivity contribution in [2.24, 2.45) is 11.1 Å². The number of hydrogen-bond donors (Lipinski definition) is 2. The Labute approximate surface area is 145 Å². The lowest BCUT2D eigenvalue weighted by atomic mass is 9.81. The number of halogens is 1. The van der Waals surface area contributed by atoms with Crippen LogP contribution in [0.2, 0.25) is 0 Å². The Morgan fingerprint density at radius 3 is 2.00 bits per heavy atom. The van der Waals surface area contributed by atoms with Gasteiger partial charge in [-0.2, -0.15) is 0 Å². The standard InChI is InChI=1S/C16H26N2O3S.ClH/c1-4-16(5-2,12-17)15(19)18-10-13-6-8-14(9-7-13)11-22(3,20)21;/h6-9H,4-5,10-12,17H2,1-3H3,(H,18,19);1H. The molecular formula is C16H27ClN2O3S. The molecule has 0 heterocycles. The lowest BCUT2D eigenvalue weighted by molar-refractivity contribution is -0.131. The highest BCUT2D eigenvalue weighted by molar-refractivity contribution is 7.89. The normalized spacial score (nSPS) is 11.7. The Hall–Kier alpha value is -1.11. The molecule has 1 rings (SSSR count). The summed E-state index contributed by atoms with van der Waals surface area (Å²) in [5.74, 6) is 0.00178. The molecule has 0 spiro atoms. The zero-order valence-corrected chi connectivity index (χ0v) is 15.6. The largest absolute Gasteiger partial charge is 0.352 e. The van der Waals surface area contributed by atoms with Crippen LogP contribution in [0.3, 0.4) is 0 Å². The van der Waals surface area contributed by atoms with Gasteiger partial charge in [-0.1, -0.05) is 38.1 Å². The van der Waals surface area contributed by atoms with E-state index >= 15 is 0 Å². The maximum atomic E-state index is 12.3. The maximum Gasteiger partial charge on any atom is 0.227 e. The number of rotatable bonds is 8. The molecule has 0 saturated carbocycles. The molecule has 0 saturated heterocycles. The molecule has 0 aromatic heterocycles.